The molecule has 0 bridgehead atoms. The highest BCUT2D eigenvalue weighted by atomic mass is 15.2. The molecule has 3 nitrogen and oxygen atoms in total. The van der Waals surface area contributed by atoms with E-state index in [1.807, 2.05) is 0 Å². The van der Waals surface area contributed by atoms with Crippen LogP contribution in [0.4, 0.5) is 28.4 Å². The number of benzene rings is 7. The molecule has 54 heavy (non-hydrogen) atoms. The molecule has 0 atom stereocenters. The van der Waals surface area contributed by atoms with Crippen molar-refractivity contribution in [1.82, 2.24) is 4.57 Å². The molecule has 7 aromatic carbocycles. The molecule has 0 spiro atoms. The van der Waals surface area contributed by atoms with Crippen molar-refractivity contribution in [3.63, 3.8) is 0 Å². The molecule has 0 N–H and O–H groups in total. The van der Waals surface area contributed by atoms with Crippen LogP contribution in [0.3, 0.4) is 0 Å². The largest absolute Gasteiger partial charge is 0.311 e. The molecule has 0 saturated heterocycles. The monoisotopic (exact) mass is 695 g/mol. The minimum absolute atomic E-state index is 0.208. The topological polar surface area (TPSA) is 11.4 Å². The average Bonchev–Trinajstić information content (AvgIpc) is 3.56. The first-order valence-corrected chi connectivity index (χ1v) is 19.0. The summed E-state index contributed by atoms with van der Waals surface area (Å²) >= 11 is 0. The van der Waals surface area contributed by atoms with Gasteiger partial charge in [0.15, 0.2) is 0 Å². The Bertz CT molecular complexity index is 2680. The maximum absolute atomic E-state index is 2.51. The molecule has 3 heteroatoms. The lowest BCUT2D eigenvalue weighted by molar-refractivity contribution is 0.630. The van der Waals surface area contributed by atoms with Crippen molar-refractivity contribution < 1.29 is 0 Å². The minimum atomic E-state index is -0.208. The van der Waals surface area contributed by atoms with Crippen LogP contribution in [0.1, 0.15) is 37.8 Å². The number of fused-ring (bicyclic) bond motifs is 5. The number of nitrogens with zero attached hydrogens (tertiary/aromatic N) is 3. The first-order valence-electron chi connectivity index (χ1n) is 19.0. The van der Waals surface area contributed by atoms with Crippen LogP contribution in [0.2, 0.25) is 0 Å². The highest BCUT2D eigenvalue weighted by molar-refractivity contribution is 6.14. The number of aromatic nitrogens is 1. The molecule has 1 aliphatic carbocycles. The summed E-state index contributed by atoms with van der Waals surface area (Å²) in [6, 6.07) is 62.1. The molecule has 0 amide bonds. The molecular weight excluding hydrogens is 655 g/mol. The molecule has 2 aliphatic rings. The third kappa shape index (κ3) is 5.19. The summed E-state index contributed by atoms with van der Waals surface area (Å²) in [5.41, 5.74) is 15.6. The van der Waals surface area contributed by atoms with Crippen LogP contribution in [0, 0.1) is 0 Å². The predicted molar refractivity (Wildman–Crippen MR) is 228 cm³/mol. The van der Waals surface area contributed by atoms with Crippen LogP contribution in [-0.2, 0) is 5.41 Å². The average molecular weight is 696 g/mol. The van der Waals surface area contributed by atoms with E-state index in [1.165, 1.54) is 55.4 Å². The summed E-state index contributed by atoms with van der Waals surface area (Å²) in [7, 11) is 0. The van der Waals surface area contributed by atoms with E-state index in [1.54, 1.807) is 0 Å². The lowest BCUT2D eigenvalue weighted by atomic mass is 9.74. The number of anilines is 5. The van der Waals surface area contributed by atoms with Gasteiger partial charge in [-0.15, -0.1) is 0 Å². The molecule has 10 rings (SSSR count). The Morgan fingerprint density at radius 2 is 1.07 bits per heavy atom. The summed E-state index contributed by atoms with van der Waals surface area (Å²) in [6.45, 7) is 4.76. The van der Waals surface area contributed by atoms with Crippen LogP contribution in [-0.4, -0.2) is 4.57 Å². The van der Waals surface area contributed by atoms with E-state index in [2.05, 4.69) is 216 Å². The van der Waals surface area contributed by atoms with Crippen LogP contribution in [0.15, 0.2) is 194 Å². The van der Waals surface area contributed by atoms with Gasteiger partial charge in [-0.05, 0) is 120 Å². The molecule has 0 unspecified atom stereocenters. The van der Waals surface area contributed by atoms with Gasteiger partial charge in [-0.1, -0.05) is 117 Å². The second-order valence-corrected chi connectivity index (χ2v) is 14.9. The normalized spacial score (nSPS) is 14.1. The Labute approximate surface area is 317 Å². The van der Waals surface area contributed by atoms with Gasteiger partial charge in [-0.3, -0.25) is 0 Å². The Balaban J connectivity index is 1.17. The van der Waals surface area contributed by atoms with Gasteiger partial charge in [0.2, 0.25) is 0 Å². The molecule has 1 aliphatic heterocycles. The van der Waals surface area contributed by atoms with Gasteiger partial charge in [0, 0.05) is 50.3 Å². The quantitative estimate of drug-likeness (QED) is 0.164. The Morgan fingerprint density at radius 1 is 0.481 bits per heavy atom. The van der Waals surface area contributed by atoms with E-state index < -0.39 is 0 Å². The summed E-state index contributed by atoms with van der Waals surface area (Å²) in [6.07, 6.45) is 9.01. The smallest absolute Gasteiger partial charge is 0.0583 e. The highest BCUT2D eigenvalue weighted by Crippen LogP contribution is 2.50. The third-order valence-electron chi connectivity index (χ3n) is 11.3. The predicted octanol–water partition coefficient (Wildman–Crippen LogP) is 13.9. The number of rotatable bonds is 7. The first-order chi connectivity index (χ1) is 26.6. The lowest BCUT2D eigenvalue weighted by Gasteiger charge is -2.36. The fourth-order valence-electron chi connectivity index (χ4n) is 8.70. The zero-order valence-electron chi connectivity index (χ0n) is 30.7. The van der Waals surface area contributed by atoms with Gasteiger partial charge >= 0.3 is 0 Å². The van der Waals surface area contributed by atoms with Crippen molar-refractivity contribution in [2.75, 3.05) is 9.80 Å². The molecular formula is C51H41N3. The van der Waals surface area contributed by atoms with Crippen molar-refractivity contribution in [3.8, 4) is 16.8 Å². The Hall–Kier alpha value is -6.58. The van der Waals surface area contributed by atoms with Crippen LogP contribution >= 0.6 is 0 Å². The van der Waals surface area contributed by atoms with Crippen LogP contribution in [0.5, 0.6) is 0 Å². The molecule has 0 radical (unpaired) electrons. The molecule has 1 aromatic heterocycles. The standard InChI is InChI=1S/C51H41N3/c1-51(2)46-25-15-16-26-49(46)54-48-32-29-37(36-27-30-42(31-28-36)52(38-17-7-3-8-18-38)39-19-9-4-10-20-39)33-44(48)45-34-43(35-47(51)50(45)54)53(40-21-11-5-12-22-40)41-23-13-6-14-24-41/h3,5-9,11-35H,4,10H2,1-2H3. The first kappa shape index (κ1) is 32.1. The summed E-state index contributed by atoms with van der Waals surface area (Å²) in [4.78, 5) is 4.76. The Morgan fingerprint density at radius 3 is 1.72 bits per heavy atom. The highest BCUT2D eigenvalue weighted by Gasteiger charge is 2.36. The number of para-hydroxylation sites is 4. The van der Waals surface area contributed by atoms with Crippen molar-refractivity contribution in [3.05, 3.63) is 205 Å². The maximum Gasteiger partial charge on any atom is 0.0583 e. The molecule has 0 fully saturated rings. The van der Waals surface area contributed by atoms with Crippen LogP contribution < -0.4 is 9.80 Å². The van der Waals surface area contributed by atoms with E-state index in [4.69, 9.17) is 0 Å². The summed E-state index contributed by atoms with van der Waals surface area (Å²) < 4.78 is 2.51. The molecule has 260 valence electrons. The van der Waals surface area contributed by atoms with Crippen molar-refractivity contribution in [1.29, 1.82) is 0 Å². The second kappa shape index (κ2) is 12.8. The lowest BCUT2D eigenvalue weighted by Crippen LogP contribution is -2.26. The van der Waals surface area contributed by atoms with Gasteiger partial charge < -0.3 is 14.4 Å². The SMILES string of the molecule is CC1(C)c2ccccc2-n2c3ccc(-c4ccc(N(C5=CCCC=C5)c5ccccc5)cc4)cc3c3cc(N(c4ccccc4)c4ccccc4)cc1c32. The zero-order valence-corrected chi connectivity index (χ0v) is 30.7. The van der Waals surface area contributed by atoms with Crippen molar-refractivity contribution in [2.45, 2.75) is 32.1 Å². The van der Waals surface area contributed by atoms with E-state index in [0.29, 0.717) is 0 Å². The maximum atomic E-state index is 2.51. The fourth-order valence-corrected chi connectivity index (χ4v) is 8.70. The third-order valence-corrected chi connectivity index (χ3v) is 11.3. The van der Waals surface area contributed by atoms with Gasteiger partial charge in [-0.25, -0.2) is 0 Å². The Kier molecular flexibility index (Phi) is 7.62. The minimum Gasteiger partial charge on any atom is -0.311 e. The van der Waals surface area contributed by atoms with Crippen LogP contribution in [0.25, 0.3) is 38.6 Å². The second-order valence-electron chi connectivity index (χ2n) is 14.9. The fraction of sp³-hybridized carbons (Fsp3) is 0.0980. The number of hydrogen-bond acceptors (Lipinski definition) is 2. The summed E-state index contributed by atoms with van der Waals surface area (Å²) in [5, 5.41) is 2.52. The van der Waals surface area contributed by atoms with Crippen molar-refractivity contribution in [2.24, 2.45) is 0 Å². The zero-order chi connectivity index (χ0) is 36.2. The molecule has 8 aromatic rings. The molecule has 0 saturated carbocycles. The van der Waals surface area contributed by atoms with Gasteiger partial charge in [-0.2, -0.15) is 0 Å². The van der Waals surface area contributed by atoms with E-state index in [-0.39, 0.29) is 5.41 Å². The van der Waals surface area contributed by atoms with E-state index in [0.717, 1.165) is 41.3 Å². The number of allylic oxidation sites excluding steroid dienone is 3. The number of hydrogen-bond donors (Lipinski definition) is 0. The summed E-state index contributed by atoms with van der Waals surface area (Å²) in [5.74, 6) is 0. The van der Waals surface area contributed by atoms with Gasteiger partial charge in [0.25, 0.3) is 0 Å². The van der Waals surface area contributed by atoms with E-state index in [9.17, 15) is 0 Å². The molecule has 2 heterocycles. The van der Waals surface area contributed by atoms with Gasteiger partial charge in [0.05, 0.1) is 16.7 Å². The van der Waals surface area contributed by atoms with Crippen molar-refractivity contribution >= 4 is 50.2 Å². The van der Waals surface area contributed by atoms with Gasteiger partial charge in [0.1, 0.15) is 0 Å². The van der Waals surface area contributed by atoms with E-state index >= 15 is 0 Å².